The second kappa shape index (κ2) is 4.58. The smallest absolute Gasteiger partial charge is 0.241 e. The minimum absolute atomic E-state index is 0.409. The maximum Gasteiger partial charge on any atom is 0.241 e. The van der Waals surface area contributed by atoms with E-state index in [1.165, 1.54) is 6.08 Å². The summed E-state index contributed by atoms with van der Waals surface area (Å²) in [5.74, 6) is -0.582. The predicted octanol–water partition coefficient (Wildman–Crippen LogP) is 1.65. The average molecular weight is 210 g/mol. The minimum atomic E-state index is -0.582. The SMILES string of the molecule is NC(=O)C=Cc1c(Cl)cccc1C=O. The lowest BCUT2D eigenvalue weighted by molar-refractivity contribution is -0.113. The molecule has 0 unspecified atom stereocenters. The number of carbonyl (C=O) groups is 2. The van der Waals surface area contributed by atoms with Crippen LogP contribution in [0.3, 0.4) is 0 Å². The van der Waals surface area contributed by atoms with Crippen molar-refractivity contribution in [2.75, 3.05) is 0 Å². The van der Waals surface area contributed by atoms with Crippen LogP contribution in [-0.4, -0.2) is 12.2 Å². The van der Waals surface area contributed by atoms with Gasteiger partial charge in [-0.15, -0.1) is 0 Å². The van der Waals surface area contributed by atoms with E-state index in [-0.39, 0.29) is 0 Å². The molecule has 0 fully saturated rings. The molecule has 2 N–H and O–H groups in total. The fourth-order valence-corrected chi connectivity index (χ4v) is 1.24. The zero-order valence-electron chi connectivity index (χ0n) is 7.24. The van der Waals surface area contributed by atoms with Gasteiger partial charge in [0.05, 0.1) is 0 Å². The zero-order chi connectivity index (χ0) is 10.6. The van der Waals surface area contributed by atoms with Crippen LogP contribution in [0.5, 0.6) is 0 Å². The fraction of sp³-hybridized carbons (Fsp3) is 0. The lowest BCUT2D eigenvalue weighted by Gasteiger charge is -2.00. The highest BCUT2D eigenvalue weighted by Gasteiger charge is 2.02. The lowest BCUT2D eigenvalue weighted by atomic mass is 10.1. The van der Waals surface area contributed by atoms with Crippen molar-refractivity contribution in [3.63, 3.8) is 0 Å². The fourth-order valence-electron chi connectivity index (χ4n) is 0.998. The van der Waals surface area contributed by atoms with Crippen LogP contribution in [-0.2, 0) is 4.79 Å². The summed E-state index contributed by atoms with van der Waals surface area (Å²) in [4.78, 5) is 21.1. The third-order valence-electron chi connectivity index (χ3n) is 1.63. The normalized spacial score (nSPS) is 10.4. The number of primary amides is 1. The Kier molecular flexibility index (Phi) is 3.42. The van der Waals surface area contributed by atoms with Crippen LogP contribution in [0.25, 0.3) is 6.08 Å². The van der Waals surface area contributed by atoms with Gasteiger partial charge >= 0.3 is 0 Å². The Labute approximate surface area is 86.2 Å². The third-order valence-corrected chi connectivity index (χ3v) is 1.96. The number of rotatable bonds is 3. The summed E-state index contributed by atoms with van der Waals surface area (Å²) < 4.78 is 0. The molecule has 0 bridgehead atoms. The standard InChI is InChI=1S/C10H8ClNO2/c11-9-3-1-2-7(6-13)8(9)4-5-10(12)14/h1-6H,(H2,12,14). The molecule has 0 aliphatic heterocycles. The van der Waals surface area contributed by atoms with Gasteiger partial charge in [-0.05, 0) is 12.1 Å². The molecular weight excluding hydrogens is 202 g/mol. The Bertz CT molecular complexity index is 399. The van der Waals surface area contributed by atoms with E-state index < -0.39 is 5.91 Å². The van der Waals surface area contributed by atoms with Crippen LogP contribution in [0.1, 0.15) is 15.9 Å². The first kappa shape index (κ1) is 10.5. The van der Waals surface area contributed by atoms with Crippen molar-refractivity contribution in [1.82, 2.24) is 0 Å². The van der Waals surface area contributed by atoms with Gasteiger partial charge in [-0.2, -0.15) is 0 Å². The molecule has 4 heteroatoms. The number of hydrogen-bond acceptors (Lipinski definition) is 2. The van der Waals surface area contributed by atoms with Crippen molar-refractivity contribution < 1.29 is 9.59 Å². The van der Waals surface area contributed by atoms with Crippen molar-refractivity contribution in [1.29, 1.82) is 0 Å². The molecule has 0 aliphatic carbocycles. The molecule has 3 nitrogen and oxygen atoms in total. The molecule has 0 spiro atoms. The summed E-state index contributed by atoms with van der Waals surface area (Å²) >= 11 is 5.83. The van der Waals surface area contributed by atoms with E-state index in [0.717, 1.165) is 6.08 Å². The first-order valence-corrected chi connectivity index (χ1v) is 4.24. The van der Waals surface area contributed by atoms with Gasteiger partial charge in [0.25, 0.3) is 0 Å². The second-order valence-electron chi connectivity index (χ2n) is 2.60. The molecule has 0 atom stereocenters. The van der Waals surface area contributed by atoms with Gasteiger partial charge in [-0.1, -0.05) is 23.7 Å². The van der Waals surface area contributed by atoms with Crippen LogP contribution in [0.2, 0.25) is 5.02 Å². The number of halogens is 1. The van der Waals surface area contributed by atoms with Crippen molar-refractivity contribution in [3.8, 4) is 0 Å². The van der Waals surface area contributed by atoms with E-state index in [9.17, 15) is 9.59 Å². The van der Waals surface area contributed by atoms with Gasteiger partial charge in [-0.25, -0.2) is 0 Å². The molecule has 1 rings (SSSR count). The summed E-state index contributed by atoms with van der Waals surface area (Å²) in [6.45, 7) is 0. The van der Waals surface area contributed by atoms with Crippen LogP contribution in [0.15, 0.2) is 24.3 Å². The van der Waals surface area contributed by atoms with Crippen molar-refractivity contribution in [2.45, 2.75) is 0 Å². The van der Waals surface area contributed by atoms with E-state index >= 15 is 0 Å². The first-order valence-electron chi connectivity index (χ1n) is 3.86. The Balaban J connectivity index is 3.17. The van der Waals surface area contributed by atoms with Gasteiger partial charge in [0, 0.05) is 22.2 Å². The van der Waals surface area contributed by atoms with Gasteiger partial charge in [0.1, 0.15) is 0 Å². The van der Waals surface area contributed by atoms with E-state index in [1.807, 2.05) is 0 Å². The number of amides is 1. The summed E-state index contributed by atoms with van der Waals surface area (Å²) in [6.07, 6.45) is 3.26. The molecule has 0 heterocycles. The first-order chi connectivity index (χ1) is 6.65. The van der Waals surface area contributed by atoms with E-state index in [2.05, 4.69) is 0 Å². The largest absolute Gasteiger partial charge is 0.366 e. The Morgan fingerprint density at radius 2 is 2.14 bits per heavy atom. The molecule has 1 amide bonds. The van der Waals surface area contributed by atoms with E-state index in [1.54, 1.807) is 18.2 Å². The van der Waals surface area contributed by atoms with Gasteiger partial charge < -0.3 is 5.73 Å². The number of benzene rings is 1. The molecule has 1 aromatic rings. The maximum absolute atomic E-state index is 10.6. The van der Waals surface area contributed by atoms with E-state index in [4.69, 9.17) is 17.3 Å². The minimum Gasteiger partial charge on any atom is -0.366 e. The number of nitrogens with two attached hydrogens (primary N) is 1. The van der Waals surface area contributed by atoms with Gasteiger partial charge in [-0.3, -0.25) is 9.59 Å². The summed E-state index contributed by atoms with van der Waals surface area (Å²) in [5, 5.41) is 0.409. The average Bonchev–Trinajstić information content (AvgIpc) is 2.15. The Hall–Kier alpha value is -1.61. The van der Waals surface area contributed by atoms with Crippen molar-refractivity contribution in [2.24, 2.45) is 5.73 Å². The molecular formula is C10H8ClNO2. The highest BCUT2D eigenvalue weighted by molar-refractivity contribution is 6.32. The molecule has 72 valence electrons. The molecule has 0 radical (unpaired) electrons. The van der Waals surface area contributed by atoms with Gasteiger partial charge in [0.2, 0.25) is 5.91 Å². The van der Waals surface area contributed by atoms with E-state index in [0.29, 0.717) is 22.4 Å². The Morgan fingerprint density at radius 3 is 2.71 bits per heavy atom. The molecule has 0 saturated heterocycles. The molecule has 14 heavy (non-hydrogen) atoms. The van der Waals surface area contributed by atoms with Crippen molar-refractivity contribution in [3.05, 3.63) is 40.4 Å². The predicted molar refractivity (Wildman–Crippen MR) is 55.1 cm³/mol. The van der Waals surface area contributed by atoms with Crippen LogP contribution in [0, 0.1) is 0 Å². The maximum atomic E-state index is 10.6. The topological polar surface area (TPSA) is 60.2 Å². The molecule has 0 saturated carbocycles. The molecule has 1 aromatic carbocycles. The monoisotopic (exact) mass is 209 g/mol. The van der Waals surface area contributed by atoms with Crippen LogP contribution >= 0.6 is 11.6 Å². The summed E-state index contributed by atoms with van der Waals surface area (Å²) in [6, 6.07) is 4.91. The molecule has 0 aromatic heterocycles. The molecule has 0 aliphatic rings. The van der Waals surface area contributed by atoms with Crippen molar-refractivity contribution >= 4 is 29.9 Å². The highest BCUT2D eigenvalue weighted by atomic mass is 35.5. The van der Waals surface area contributed by atoms with Crippen LogP contribution in [0.4, 0.5) is 0 Å². The summed E-state index contributed by atoms with van der Waals surface area (Å²) in [5.41, 5.74) is 5.85. The highest BCUT2D eigenvalue weighted by Crippen LogP contribution is 2.20. The van der Waals surface area contributed by atoms with Gasteiger partial charge in [0.15, 0.2) is 6.29 Å². The zero-order valence-corrected chi connectivity index (χ0v) is 7.99. The number of carbonyl (C=O) groups excluding carboxylic acids is 2. The number of hydrogen-bond donors (Lipinski definition) is 1. The summed E-state index contributed by atoms with van der Waals surface area (Å²) in [7, 11) is 0. The lowest BCUT2D eigenvalue weighted by Crippen LogP contribution is -2.05. The third kappa shape index (κ3) is 2.44. The Morgan fingerprint density at radius 1 is 1.43 bits per heavy atom. The van der Waals surface area contributed by atoms with Crippen LogP contribution < -0.4 is 5.73 Å². The second-order valence-corrected chi connectivity index (χ2v) is 3.00. The number of aldehydes is 1. The quantitative estimate of drug-likeness (QED) is 0.608.